The molecule has 3 rings (SSSR count). The molecule has 1 fully saturated rings. The fraction of sp³-hybridized carbons (Fsp3) is 0.500. The minimum atomic E-state index is 0.233. The predicted octanol–water partition coefficient (Wildman–Crippen LogP) is 2.80. The molecule has 0 amide bonds. The number of fused-ring (bicyclic) bond motifs is 1. The van der Waals surface area contributed by atoms with Crippen LogP contribution in [-0.2, 0) is 5.41 Å². The first-order chi connectivity index (χ1) is 8.16. The largest absolute Gasteiger partial charge is 0.367 e. The zero-order valence-electron chi connectivity index (χ0n) is 9.78. The molecule has 17 heavy (non-hydrogen) atoms. The molecule has 2 heterocycles. The molecule has 0 atom stereocenters. The van der Waals surface area contributed by atoms with E-state index in [1.807, 2.05) is 10.6 Å². The smallest absolute Gasteiger partial charge is 0.238 e. The Labute approximate surface area is 105 Å². The van der Waals surface area contributed by atoms with Gasteiger partial charge >= 0.3 is 0 Å². The van der Waals surface area contributed by atoms with Crippen LogP contribution in [0.1, 0.15) is 38.3 Å². The molecule has 0 saturated heterocycles. The number of nitrogens with zero attached hydrogens (tertiary/aromatic N) is 3. The maximum Gasteiger partial charge on any atom is 0.238 e. The molecule has 2 N–H and O–H groups in total. The third kappa shape index (κ3) is 1.43. The Bertz CT molecular complexity index is 566. The van der Waals surface area contributed by atoms with Gasteiger partial charge in [0, 0.05) is 5.41 Å². The first-order valence-electron chi connectivity index (χ1n) is 5.96. The lowest BCUT2D eigenvalue weighted by Gasteiger charge is -2.40. The second-order valence-electron chi connectivity index (χ2n) is 4.78. The van der Waals surface area contributed by atoms with Gasteiger partial charge in [-0.25, -0.2) is 9.50 Å². The van der Waals surface area contributed by atoms with E-state index in [1.54, 1.807) is 6.20 Å². The van der Waals surface area contributed by atoms with Crippen LogP contribution in [0.4, 0.5) is 5.95 Å². The lowest BCUT2D eigenvalue weighted by atomic mass is 9.65. The Morgan fingerprint density at radius 1 is 1.53 bits per heavy atom. The molecule has 2 aromatic rings. The highest BCUT2D eigenvalue weighted by molar-refractivity contribution is 6.34. The van der Waals surface area contributed by atoms with Gasteiger partial charge in [-0.3, -0.25) is 0 Å². The molecule has 5 heteroatoms. The van der Waals surface area contributed by atoms with Gasteiger partial charge in [-0.15, -0.1) is 5.10 Å². The van der Waals surface area contributed by atoms with Crippen LogP contribution in [-0.4, -0.2) is 14.6 Å². The second-order valence-corrected chi connectivity index (χ2v) is 5.19. The molecule has 0 radical (unpaired) electrons. The molecule has 90 valence electrons. The Morgan fingerprint density at radius 2 is 2.29 bits per heavy atom. The van der Waals surface area contributed by atoms with Gasteiger partial charge < -0.3 is 5.73 Å². The average molecular weight is 251 g/mol. The first-order valence-corrected chi connectivity index (χ1v) is 6.34. The summed E-state index contributed by atoms with van der Waals surface area (Å²) in [4.78, 5) is 3.99. The zero-order valence-corrected chi connectivity index (χ0v) is 10.5. The molecule has 0 aromatic carbocycles. The first kappa shape index (κ1) is 10.8. The average Bonchev–Trinajstić information content (AvgIpc) is 2.56. The van der Waals surface area contributed by atoms with Gasteiger partial charge in [-0.2, -0.15) is 0 Å². The monoisotopic (exact) mass is 250 g/mol. The minimum absolute atomic E-state index is 0.233. The van der Waals surface area contributed by atoms with Crippen molar-refractivity contribution in [3.63, 3.8) is 0 Å². The van der Waals surface area contributed by atoms with Crippen LogP contribution in [0.5, 0.6) is 0 Å². The molecule has 4 nitrogen and oxygen atoms in total. The Morgan fingerprint density at radius 3 is 2.88 bits per heavy atom. The highest BCUT2D eigenvalue weighted by atomic mass is 35.5. The van der Waals surface area contributed by atoms with Crippen LogP contribution in [0.3, 0.4) is 0 Å². The van der Waals surface area contributed by atoms with E-state index in [0.29, 0.717) is 5.02 Å². The van der Waals surface area contributed by atoms with Gasteiger partial charge in [0.15, 0.2) is 0 Å². The summed E-state index contributed by atoms with van der Waals surface area (Å²) in [7, 11) is 0. The highest BCUT2D eigenvalue weighted by Gasteiger charge is 2.39. The Balaban J connectivity index is 2.25. The van der Waals surface area contributed by atoms with Crippen LogP contribution < -0.4 is 5.73 Å². The summed E-state index contributed by atoms with van der Waals surface area (Å²) in [6, 6.07) is 2.02. The highest BCUT2D eigenvalue weighted by Crippen LogP contribution is 2.47. The van der Waals surface area contributed by atoms with E-state index in [4.69, 9.17) is 17.3 Å². The molecular formula is C12H15ClN4. The van der Waals surface area contributed by atoms with Crippen molar-refractivity contribution in [3.8, 4) is 0 Å². The molecule has 0 aliphatic heterocycles. The van der Waals surface area contributed by atoms with E-state index in [9.17, 15) is 0 Å². The van der Waals surface area contributed by atoms with Crippen LogP contribution >= 0.6 is 11.6 Å². The molecular weight excluding hydrogens is 236 g/mol. The van der Waals surface area contributed by atoms with Crippen LogP contribution in [0.25, 0.3) is 5.52 Å². The van der Waals surface area contributed by atoms with E-state index in [1.165, 1.54) is 25.0 Å². The fourth-order valence-electron chi connectivity index (χ4n) is 2.74. The van der Waals surface area contributed by atoms with Crippen molar-refractivity contribution in [2.75, 3.05) is 5.73 Å². The van der Waals surface area contributed by atoms with Crippen LogP contribution in [0.2, 0.25) is 5.02 Å². The molecule has 1 saturated carbocycles. The summed E-state index contributed by atoms with van der Waals surface area (Å²) in [5.74, 6) is 0.289. The maximum absolute atomic E-state index is 6.23. The lowest BCUT2D eigenvalue weighted by Crippen LogP contribution is -2.35. The van der Waals surface area contributed by atoms with E-state index in [0.717, 1.165) is 11.9 Å². The minimum Gasteiger partial charge on any atom is -0.367 e. The number of aromatic nitrogens is 3. The molecule has 0 spiro atoms. The lowest BCUT2D eigenvalue weighted by molar-refractivity contribution is 0.224. The summed E-state index contributed by atoms with van der Waals surface area (Å²) in [5, 5.41) is 5.00. The topological polar surface area (TPSA) is 56.2 Å². The van der Waals surface area contributed by atoms with E-state index in [2.05, 4.69) is 17.0 Å². The number of nitrogen functional groups attached to an aromatic ring is 1. The predicted molar refractivity (Wildman–Crippen MR) is 68.2 cm³/mol. The summed E-state index contributed by atoms with van der Waals surface area (Å²) < 4.78 is 1.87. The number of anilines is 1. The molecule has 1 aliphatic rings. The number of rotatable bonds is 2. The van der Waals surface area contributed by atoms with Crippen molar-refractivity contribution in [2.24, 2.45) is 0 Å². The number of halogens is 1. The SMILES string of the molecule is CCC1(c2cc(Cl)c3cnc(N)nn23)CCC1. The van der Waals surface area contributed by atoms with Crippen molar-refractivity contribution in [3.05, 3.63) is 23.0 Å². The molecule has 2 aromatic heterocycles. The van der Waals surface area contributed by atoms with Gasteiger partial charge in [0.25, 0.3) is 0 Å². The third-order valence-corrected chi connectivity index (χ3v) is 4.32. The van der Waals surface area contributed by atoms with Crippen LogP contribution in [0.15, 0.2) is 12.3 Å². The molecule has 0 bridgehead atoms. The number of nitrogens with two attached hydrogens (primary N) is 1. The van der Waals surface area contributed by atoms with E-state index < -0.39 is 0 Å². The fourth-order valence-corrected chi connectivity index (χ4v) is 2.97. The van der Waals surface area contributed by atoms with Crippen molar-refractivity contribution >= 4 is 23.1 Å². The maximum atomic E-state index is 6.23. The number of hydrogen-bond donors (Lipinski definition) is 1. The summed E-state index contributed by atoms with van der Waals surface area (Å²) in [5.41, 5.74) is 7.92. The van der Waals surface area contributed by atoms with E-state index in [-0.39, 0.29) is 11.4 Å². The Kier molecular flexibility index (Phi) is 2.30. The van der Waals surface area contributed by atoms with E-state index >= 15 is 0 Å². The van der Waals surface area contributed by atoms with Crippen molar-refractivity contribution in [1.29, 1.82) is 0 Å². The van der Waals surface area contributed by atoms with Crippen molar-refractivity contribution < 1.29 is 0 Å². The molecule has 0 unspecified atom stereocenters. The summed E-state index contributed by atoms with van der Waals surface area (Å²) >= 11 is 6.23. The van der Waals surface area contributed by atoms with Gasteiger partial charge in [0.05, 0.1) is 16.9 Å². The third-order valence-electron chi connectivity index (χ3n) is 4.02. The van der Waals surface area contributed by atoms with Gasteiger partial charge in [0.2, 0.25) is 5.95 Å². The Hall–Kier alpha value is -1.29. The number of hydrogen-bond acceptors (Lipinski definition) is 3. The van der Waals surface area contributed by atoms with Crippen LogP contribution in [0, 0.1) is 0 Å². The standard InChI is InChI=1S/C12H15ClN4/c1-2-12(4-3-5-12)10-6-8(13)9-7-15-11(14)16-17(9)10/h6-7H,2-5H2,1H3,(H2,14,16). The normalized spacial score (nSPS) is 18.2. The van der Waals surface area contributed by atoms with Gasteiger partial charge in [-0.1, -0.05) is 24.9 Å². The quantitative estimate of drug-likeness (QED) is 0.892. The summed E-state index contributed by atoms with van der Waals surface area (Å²) in [6.07, 6.45) is 6.49. The van der Waals surface area contributed by atoms with Crippen molar-refractivity contribution in [1.82, 2.24) is 14.6 Å². The van der Waals surface area contributed by atoms with Gasteiger partial charge in [0.1, 0.15) is 5.52 Å². The molecule has 1 aliphatic carbocycles. The summed E-state index contributed by atoms with van der Waals surface area (Å²) in [6.45, 7) is 2.22. The second kappa shape index (κ2) is 3.60. The van der Waals surface area contributed by atoms with Crippen molar-refractivity contribution in [2.45, 2.75) is 38.0 Å². The van der Waals surface area contributed by atoms with Gasteiger partial charge in [-0.05, 0) is 25.3 Å². The zero-order chi connectivity index (χ0) is 12.0.